The number of unbranched alkanes of at least 4 members (excludes halogenated alkanes) is 2. The first-order valence-corrected chi connectivity index (χ1v) is 12.2. The molecule has 4 aromatic rings. The van der Waals surface area contributed by atoms with Crippen LogP contribution in [0.1, 0.15) is 37.3 Å². The van der Waals surface area contributed by atoms with E-state index in [0.29, 0.717) is 24.3 Å². The van der Waals surface area contributed by atoms with Gasteiger partial charge in [0, 0.05) is 10.9 Å². The Bertz CT molecular complexity index is 1360. The fourth-order valence-corrected chi connectivity index (χ4v) is 3.99. The van der Waals surface area contributed by atoms with Crippen LogP contribution in [0.4, 0.5) is 5.69 Å². The van der Waals surface area contributed by atoms with E-state index in [1.165, 1.54) is 0 Å². The van der Waals surface area contributed by atoms with Gasteiger partial charge in [-0.1, -0.05) is 68.3 Å². The molecule has 1 N–H and O–H groups in total. The lowest BCUT2D eigenvalue weighted by Crippen LogP contribution is -2.07. The van der Waals surface area contributed by atoms with E-state index in [4.69, 9.17) is 9.47 Å². The Morgan fingerprint density at radius 2 is 1.78 bits per heavy atom. The number of nitrogens with zero attached hydrogens (tertiary/aromatic N) is 3. The first kappa shape index (κ1) is 25.0. The fourth-order valence-electron chi connectivity index (χ4n) is 3.99. The number of hydrogen-bond acceptors (Lipinski definition) is 5. The van der Waals surface area contributed by atoms with Crippen molar-refractivity contribution >= 4 is 22.5 Å². The third-order valence-corrected chi connectivity index (χ3v) is 5.84. The Labute approximate surface area is 211 Å². The van der Waals surface area contributed by atoms with Crippen LogP contribution in [0.25, 0.3) is 10.9 Å². The van der Waals surface area contributed by atoms with Gasteiger partial charge in [-0.3, -0.25) is 4.79 Å². The molecule has 0 radical (unpaired) electrons. The molecule has 0 spiro atoms. The molecule has 0 unspecified atom stereocenters. The van der Waals surface area contributed by atoms with Crippen LogP contribution in [0.3, 0.4) is 0 Å². The third-order valence-electron chi connectivity index (χ3n) is 5.84. The number of carbonyl (C=O) groups is 1. The van der Waals surface area contributed by atoms with Crippen LogP contribution in [-0.4, -0.2) is 28.8 Å². The summed E-state index contributed by atoms with van der Waals surface area (Å²) in [4.78, 5) is 12.3. The van der Waals surface area contributed by atoms with Crippen molar-refractivity contribution in [3.63, 3.8) is 0 Å². The third kappa shape index (κ3) is 6.10. The fraction of sp³-hybridized carbons (Fsp3) is 0.276. The predicted molar refractivity (Wildman–Crippen MR) is 140 cm³/mol. The smallest absolute Gasteiger partial charge is 0.302 e. The minimum atomic E-state index is -0.543. The molecule has 0 saturated heterocycles. The zero-order valence-electron chi connectivity index (χ0n) is 20.7. The summed E-state index contributed by atoms with van der Waals surface area (Å²) < 4.78 is 13.3. The zero-order valence-corrected chi connectivity index (χ0v) is 20.7. The summed E-state index contributed by atoms with van der Waals surface area (Å²) in [6.07, 6.45) is 3.25. The summed E-state index contributed by atoms with van der Waals surface area (Å²) in [7, 11) is 0. The van der Waals surface area contributed by atoms with Gasteiger partial charge in [0.2, 0.25) is 5.88 Å². The Hall–Kier alpha value is -4.13. The standard InChI is InChI=1S/C29H31N3O4/c1-3-4-9-17-35-26-16-8-5-12-22(26)19-32-25-15-7-6-14-24(25)28(29(32)34)31-30-27(33)20-36-23-13-10-11-21(2)18-23/h5-8,10-16,18,34H,3-4,9,17,19-20H2,1-2H3. The molecule has 0 saturated carbocycles. The number of rotatable bonds is 11. The van der Waals surface area contributed by atoms with Gasteiger partial charge < -0.3 is 19.1 Å². The van der Waals surface area contributed by atoms with Gasteiger partial charge in [0.1, 0.15) is 11.5 Å². The van der Waals surface area contributed by atoms with Crippen molar-refractivity contribution in [2.75, 3.05) is 13.2 Å². The highest BCUT2D eigenvalue weighted by Gasteiger charge is 2.18. The molecule has 7 heteroatoms. The number of ether oxygens (including phenoxy) is 2. The van der Waals surface area contributed by atoms with Crippen LogP contribution >= 0.6 is 0 Å². The van der Waals surface area contributed by atoms with E-state index in [9.17, 15) is 9.90 Å². The number of para-hydroxylation sites is 2. The lowest BCUT2D eigenvalue weighted by atomic mass is 10.2. The van der Waals surface area contributed by atoms with Crippen LogP contribution in [0, 0.1) is 6.92 Å². The number of fused-ring (bicyclic) bond motifs is 1. The normalized spacial score (nSPS) is 11.3. The number of aryl methyl sites for hydroxylation is 1. The largest absolute Gasteiger partial charge is 0.493 e. The minimum absolute atomic E-state index is 0.0619. The van der Waals surface area contributed by atoms with E-state index in [1.54, 1.807) is 10.6 Å². The van der Waals surface area contributed by atoms with Crippen molar-refractivity contribution < 1.29 is 19.4 Å². The lowest BCUT2D eigenvalue weighted by Gasteiger charge is -2.13. The molecule has 0 aliphatic carbocycles. The molecule has 36 heavy (non-hydrogen) atoms. The number of hydrogen-bond donors (Lipinski definition) is 1. The van der Waals surface area contributed by atoms with Gasteiger partial charge in [-0.25, -0.2) is 0 Å². The Balaban J connectivity index is 1.54. The van der Waals surface area contributed by atoms with E-state index in [0.717, 1.165) is 41.7 Å². The van der Waals surface area contributed by atoms with E-state index in [1.807, 2.05) is 73.7 Å². The monoisotopic (exact) mass is 485 g/mol. The maximum absolute atomic E-state index is 12.3. The van der Waals surface area contributed by atoms with E-state index >= 15 is 0 Å². The predicted octanol–water partition coefficient (Wildman–Crippen LogP) is 6.96. The van der Waals surface area contributed by atoms with Crippen molar-refractivity contribution in [3.05, 3.63) is 83.9 Å². The molecule has 1 amide bonds. The molecular formula is C29H31N3O4. The number of aromatic hydroxyl groups is 1. The summed E-state index contributed by atoms with van der Waals surface area (Å²) >= 11 is 0. The van der Waals surface area contributed by atoms with E-state index in [-0.39, 0.29) is 18.2 Å². The highest BCUT2D eigenvalue weighted by Crippen LogP contribution is 2.39. The summed E-state index contributed by atoms with van der Waals surface area (Å²) in [5.74, 6) is 0.776. The summed E-state index contributed by atoms with van der Waals surface area (Å²) in [6, 6.07) is 22.8. The zero-order chi connectivity index (χ0) is 25.3. The maximum atomic E-state index is 12.3. The van der Waals surface area contributed by atoms with Crippen molar-refractivity contribution in [2.45, 2.75) is 39.7 Å². The van der Waals surface area contributed by atoms with Gasteiger partial charge in [-0.05, 0) is 43.2 Å². The Morgan fingerprint density at radius 1 is 0.972 bits per heavy atom. The van der Waals surface area contributed by atoms with Gasteiger partial charge in [0.05, 0.1) is 18.7 Å². The quantitative estimate of drug-likeness (QED) is 0.184. The van der Waals surface area contributed by atoms with E-state index < -0.39 is 5.91 Å². The highest BCUT2D eigenvalue weighted by molar-refractivity contribution is 5.95. The number of benzene rings is 3. The molecule has 0 bridgehead atoms. The second-order valence-corrected chi connectivity index (χ2v) is 8.64. The summed E-state index contributed by atoms with van der Waals surface area (Å²) in [5.41, 5.74) is 3.01. The maximum Gasteiger partial charge on any atom is 0.302 e. The summed E-state index contributed by atoms with van der Waals surface area (Å²) in [5, 5.41) is 19.7. The summed E-state index contributed by atoms with van der Waals surface area (Å²) in [6.45, 7) is 4.90. The van der Waals surface area contributed by atoms with Crippen molar-refractivity contribution in [2.24, 2.45) is 10.2 Å². The van der Waals surface area contributed by atoms with Gasteiger partial charge in [-0.2, -0.15) is 0 Å². The molecule has 0 aliphatic rings. The molecule has 1 aromatic heterocycles. The van der Waals surface area contributed by atoms with Crippen LogP contribution in [-0.2, 0) is 11.3 Å². The average molecular weight is 486 g/mol. The number of azo groups is 1. The number of amides is 1. The van der Waals surface area contributed by atoms with Crippen LogP contribution in [0.2, 0.25) is 0 Å². The van der Waals surface area contributed by atoms with Crippen molar-refractivity contribution in [1.29, 1.82) is 0 Å². The second kappa shape index (κ2) is 12.0. The molecule has 0 aliphatic heterocycles. The first-order chi connectivity index (χ1) is 17.6. The molecule has 0 fully saturated rings. The molecule has 7 nitrogen and oxygen atoms in total. The van der Waals surface area contributed by atoms with E-state index in [2.05, 4.69) is 17.2 Å². The Kier molecular flexibility index (Phi) is 8.34. The van der Waals surface area contributed by atoms with Gasteiger partial charge in [0.15, 0.2) is 12.3 Å². The molecule has 0 atom stereocenters. The van der Waals surface area contributed by atoms with Crippen LogP contribution in [0.5, 0.6) is 17.4 Å². The lowest BCUT2D eigenvalue weighted by molar-refractivity contribution is -0.120. The highest BCUT2D eigenvalue weighted by atomic mass is 16.5. The Morgan fingerprint density at radius 3 is 2.61 bits per heavy atom. The van der Waals surface area contributed by atoms with Gasteiger partial charge >= 0.3 is 5.91 Å². The molecular weight excluding hydrogens is 454 g/mol. The molecule has 4 rings (SSSR count). The molecule has 1 heterocycles. The molecule has 186 valence electrons. The van der Waals surface area contributed by atoms with Crippen LogP contribution < -0.4 is 9.47 Å². The van der Waals surface area contributed by atoms with Gasteiger partial charge in [0.25, 0.3) is 0 Å². The molecule has 3 aromatic carbocycles. The minimum Gasteiger partial charge on any atom is -0.493 e. The van der Waals surface area contributed by atoms with Crippen molar-refractivity contribution in [3.8, 4) is 17.4 Å². The number of carbonyl (C=O) groups excluding carboxylic acids is 1. The SMILES string of the molecule is CCCCCOc1ccccc1Cn1c(O)c(N=NC(=O)COc2cccc(C)c2)c2ccccc21. The van der Waals surface area contributed by atoms with Crippen molar-refractivity contribution in [1.82, 2.24) is 4.57 Å². The average Bonchev–Trinajstić information content (AvgIpc) is 3.15. The second-order valence-electron chi connectivity index (χ2n) is 8.64. The van der Waals surface area contributed by atoms with Gasteiger partial charge in [-0.15, -0.1) is 10.2 Å². The first-order valence-electron chi connectivity index (χ1n) is 12.2. The van der Waals surface area contributed by atoms with Crippen LogP contribution in [0.15, 0.2) is 83.0 Å². The number of aromatic nitrogens is 1. The topological polar surface area (TPSA) is 85.4 Å².